The Morgan fingerprint density at radius 3 is 2.87 bits per heavy atom. The van der Waals surface area contributed by atoms with Crippen molar-refractivity contribution in [1.29, 1.82) is 0 Å². The van der Waals surface area contributed by atoms with Crippen LogP contribution < -0.4 is 10.6 Å². The second-order valence-electron chi connectivity index (χ2n) is 5.72. The predicted octanol–water partition coefficient (Wildman–Crippen LogP) is 2.63. The number of amides is 1. The molecule has 2 heterocycles. The maximum Gasteiger partial charge on any atom is 0.227 e. The molecule has 1 saturated heterocycles. The molecule has 1 aliphatic heterocycles. The van der Waals surface area contributed by atoms with E-state index in [0.29, 0.717) is 12.5 Å². The molecule has 124 valence electrons. The molecular weight excluding hydrogens is 312 g/mol. The summed E-state index contributed by atoms with van der Waals surface area (Å²) in [7, 11) is 0. The number of carbonyl (C=O) groups excluding carboxylic acids is 1. The van der Waals surface area contributed by atoms with Gasteiger partial charge >= 0.3 is 0 Å². The molecule has 1 fully saturated rings. The van der Waals surface area contributed by atoms with E-state index in [0.717, 1.165) is 38.2 Å². The molecule has 3 rings (SSSR count). The Hall–Kier alpha value is -1.85. The zero-order valence-corrected chi connectivity index (χ0v) is 13.9. The summed E-state index contributed by atoms with van der Waals surface area (Å²) < 4.78 is 1.85. The summed E-state index contributed by atoms with van der Waals surface area (Å²) in [5, 5.41) is 10.6. The lowest BCUT2D eigenvalue weighted by molar-refractivity contribution is -0.116. The normalized spacial score (nSPS) is 16.8. The maximum atomic E-state index is 12.1. The largest absolute Gasteiger partial charge is 0.313 e. The van der Waals surface area contributed by atoms with Gasteiger partial charge in [0.1, 0.15) is 5.82 Å². The van der Waals surface area contributed by atoms with Gasteiger partial charge in [0.05, 0.1) is 6.20 Å². The Labute approximate surface area is 142 Å². The second-order valence-corrected chi connectivity index (χ2v) is 5.72. The molecule has 0 aliphatic carbocycles. The summed E-state index contributed by atoms with van der Waals surface area (Å²) in [5.41, 5.74) is 1.27. The van der Waals surface area contributed by atoms with Crippen LogP contribution in [0.25, 0.3) is 0 Å². The van der Waals surface area contributed by atoms with Crippen LogP contribution in [0.2, 0.25) is 0 Å². The Balaban J connectivity index is 0.00000192. The lowest BCUT2D eigenvalue weighted by Crippen LogP contribution is -2.28. The van der Waals surface area contributed by atoms with E-state index in [-0.39, 0.29) is 18.3 Å². The molecule has 1 aromatic carbocycles. The highest BCUT2D eigenvalue weighted by atomic mass is 35.5. The number of nitrogens with one attached hydrogen (secondary N) is 2. The topological polar surface area (TPSA) is 59.0 Å². The van der Waals surface area contributed by atoms with Gasteiger partial charge in [-0.05, 0) is 31.4 Å². The Morgan fingerprint density at radius 2 is 2.13 bits per heavy atom. The zero-order valence-electron chi connectivity index (χ0n) is 13.1. The van der Waals surface area contributed by atoms with Gasteiger partial charge in [-0.15, -0.1) is 12.4 Å². The van der Waals surface area contributed by atoms with Crippen LogP contribution in [0.1, 0.15) is 24.8 Å². The first-order valence-corrected chi connectivity index (χ1v) is 7.90. The average molecular weight is 335 g/mol. The van der Waals surface area contributed by atoms with Gasteiger partial charge in [0.15, 0.2) is 0 Å². The molecule has 2 N–H and O–H groups in total. The molecule has 5 nitrogen and oxygen atoms in total. The molecule has 0 saturated carbocycles. The Kier molecular flexibility index (Phi) is 6.62. The monoisotopic (exact) mass is 334 g/mol. The van der Waals surface area contributed by atoms with Crippen molar-refractivity contribution in [3.8, 4) is 0 Å². The van der Waals surface area contributed by atoms with Gasteiger partial charge in [0.25, 0.3) is 0 Å². The van der Waals surface area contributed by atoms with Crippen molar-refractivity contribution in [2.24, 2.45) is 0 Å². The highest BCUT2D eigenvalue weighted by molar-refractivity contribution is 5.90. The van der Waals surface area contributed by atoms with Crippen LogP contribution in [0.4, 0.5) is 5.82 Å². The standard InChI is InChI=1S/C17H22N4O.ClH/c22-17(13-15-7-4-10-18-15)20-16-8-11-19-21(16)12-9-14-5-2-1-3-6-14;/h1-3,5-6,8,11,15,18H,4,7,9-10,12-13H2,(H,20,22);1H. The molecule has 1 unspecified atom stereocenters. The average Bonchev–Trinajstić information content (AvgIpc) is 3.18. The molecule has 23 heavy (non-hydrogen) atoms. The van der Waals surface area contributed by atoms with Gasteiger partial charge in [0, 0.05) is 25.1 Å². The summed E-state index contributed by atoms with van der Waals surface area (Å²) in [5.74, 6) is 0.833. The van der Waals surface area contributed by atoms with E-state index in [1.807, 2.05) is 28.9 Å². The first-order valence-electron chi connectivity index (χ1n) is 7.90. The zero-order chi connectivity index (χ0) is 15.2. The van der Waals surface area contributed by atoms with Crippen LogP contribution in [0.3, 0.4) is 0 Å². The number of carbonyl (C=O) groups is 1. The third kappa shape index (κ3) is 5.08. The SMILES string of the molecule is Cl.O=C(CC1CCCN1)Nc1ccnn1CCc1ccccc1. The van der Waals surface area contributed by atoms with Crippen molar-refractivity contribution >= 4 is 24.1 Å². The third-order valence-electron chi connectivity index (χ3n) is 4.03. The fourth-order valence-corrected chi connectivity index (χ4v) is 2.85. The van der Waals surface area contributed by atoms with Crippen LogP contribution in [0.5, 0.6) is 0 Å². The minimum absolute atomic E-state index is 0. The number of halogens is 1. The molecular formula is C17H23ClN4O. The van der Waals surface area contributed by atoms with Crippen molar-refractivity contribution in [3.63, 3.8) is 0 Å². The number of hydrogen-bond acceptors (Lipinski definition) is 3. The Bertz CT molecular complexity index is 608. The molecule has 6 heteroatoms. The van der Waals surface area contributed by atoms with E-state index in [4.69, 9.17) is 0 Å². The lowest BCUT2D eigenvalue weighted by atomic mass is 10.1. The highest BCUT2D eigenvalue weighted by Crippen LogP contribution is 2.12. The molecule has 1 aromatic heterocycles. The van der Waals surface area contributed by atoms with Crippen molar-refractivity contribution in [3.05, 3.63) is 48.2 Å². The predicted molar refractivity (Wildman–Crippen MR) is 93.9 cm³/mol. The molecule has 0 bridgehead atoms. The van der Waals surface area contributed by atoms with E-state index in [9.17, 15) is 4.79 Å². The molecule has 1 aliphatic rings. The molecule has 1 atom stereocenters. The van der Waals surface area contributed by atoms with Crippen molar-refractivity contribution < 1.29 is 4.79 Å². The van der Waals surface area contributed by atoms with Gasteiger partial charge in [-0.1, -0.05) is 30.3 Å². The fourth-order valence-electron chi connectivity index (χ4n) is 2.85. The summed E-state index contributed by atoms with van der Waals surface area (Å²) in [6.45, 7) is 1.78. The third-order valence-corrected chi connectivity index (χ3v) is 4.03. The van der Waals surface area contributed by atoms with Crippen LogP contribution in [0.15, 0.2) is 42.6 Å². The van der Waals surface area contributed by atoms with Crippen molar-refractivity contribution in [1.82, 2.24) is 15.1 Å². The number of hydrogen-bond donors (Lipinski definition) is 2. The van der Waals surface area contributed by atoms with E-state index < -0.39 is 0 Å². The number of nitrogens with zero attached hydrogens (tertiary/aromatic N) is 2. The lowest BCUT2D eigenvalue weighted by Gasteiger charge is -2.12. The smallest absolute Gasteiger partial charge is 0.227 e. The second kappa shape index (κ2) is 8.70. The number of benzene rings is 1. The molecule has 0 spiro atoms. The van der Waals surface area contributed by atoms with Gasteiger partial charge in [-0.25, -0.2) is 4.68 Å². The molecule has 0 radical (unpaired) electrons. The molecule has 2 aromatic rings. The van der Waals surface area contributed by atoms with Crippen LogP contribution in [-0.4, -0.2) is 28.3 Å². The van der Waals surface area contributed by atoms with E-state index in [1.165, 1.54) is 5.56 Å². The van der Waals surface area contributed by atoms with E-state index in [2.05, 4.69) is 27.9 Å². The minimum atomic E-state index is 0. The number of aromatic nitrogens is 2. The maximum absolute atomic E-state index is 12.1. The first kappa shape index (κ1) is 17.5. The van der Waals surface area contributed by atoms with Crippen molar-refractivity contribution in [2.75, 3.05) is 11.9 Å². The van der Waals surface area contributed by atoms with Crippen LogP contribution >= 0.6 is 12.4 Å². The number of rotatable bonds is 6. The highest BCUT2D eigenvalue weighted by Gasteiger charge is 2.18. The number of anilines is 1. The van der Waals surface area contributed by atoms with Crippen LogP contribution in [-0.2, 0) is 17.8 Å². The fraction of sp³-hybridized carbons (Fsp3) is 0.412. The minimum Gasteiger partial charge on any atom is -0.313 e. The first-order chi connectivity index (χ1) is 10.8. The van der Waals surface area contributed by atoms with Crippen LogP contribution in [0, 0.1) is 0 Å². The van der Waals surface area contributed by atoms with Gasteiger partial charge in [-0.2, -0.15) is 5.10 Å². The summed E-state index contributed by atoms with van der Waals surface area (Å²) >= 11 is 0. The van der Waals surface area contributed by atoms with E-state index in [1.54, 1.807) is 6.20 Å². The van der Waals surface area contributed by atoms with Gasteiger partial charge in [0.2, 0.25) is 5.91 Å². The Morgan fingerprint density at radius 1 is 1.30 bits per heavy atom. The summed E-state index contributed by atoms with van der Waals surface area (Å²) in [4.78, 5) is 12.1. The van der Waals surface area contributed by atoms with Gasteiger partial charge < -0.3 is 10.6 Å². The quantitative estimate of drug-likeness (QED) is 0.853. The molecule has 1 amide bonds. The van der Waals surface area contributed by atoms with E-state index >= 15 is 0 Å². The van der Waals surface area contributed by atoms with Crippen molar-refractivity contribution in [2.45, 2.75) is 38.3 Å². The number of aryl methyl sites for hydroxylation is 2. The van der Waals surface area contributed by atoms with Gasteiger partial charge in [-0.3, -0.25) is 4.79 Å². The summed E-state index contributed by atoms with van der Waals surface area (Å²) in [6, 6.07) is 12.5. The summed E-state index contributed by atoms with van der Waals surface area (Å²) in [6.07, 6.45) is 5.40.